The molecule has 4 aliphatic rings. The van der Waals surface area contributed by atoms with Gasteiger partial charge < -0.3 is 25.5 Å². The smallest absolute Gasteiger partial charge is 0.242 e. The second-order valence-electron chi connectivity index (χ2n) is 8.52. The number of hydrogen-bond donors (Lipinski definition) is 7. The van der Waals surface area contributed by atoms with Gasteiger partial charge in [0.1, 0.15) is 18.3 Å². The van der Waals surface area contributed by atoms with Crippen molar-refractivity contribution in [3.63, 3.8) is 0 Å². The molecule has 0 saturated carbocycles. The molecule has 0 aliphatic carbocycles. The minimum atomic E-state index is -1.54. The average Bonchev–Trinajstić information content (AvgIpc) is 2.41. The molecule has 4 saturated heterocycles. The van der Waals surface area contributed by atoms with Crippen molar-refractivity contribution in [2.24, 2.45) is 10.8 Å². The molecule has 7 heteroatoms. The van der Waals surface area contributed by atoms with Crippen molar-refractivity contribution in [2.45, 2.75) is 50.8 Å². The fourth-order valence-electron chi connectivity index (χ4n) is 5.67. The van der Waals surface area contributed by atoms with Crippen molar-refractivity contribution in [2.75, 3.05) is 32.8 Å². The summed E-state index contributed by atoms with van der Waals surface area (Å²) in [5.74, 6) is 0. The van der Waals surface area contributed by atoms with Gasteiger partial charge in [-0.1, -0.05) is 0 Å². The van der Waals surface area contributed by atoms with Crippen LogP contribution in [0.4, 0.5) is 0 Å². The largest absolute Gasteiger partial charge is 0.394 e. The van der Waals surface area contributed by atoms with Crippen LogP contribution in [-0.4, -0.2) is 88.9 Å². The summed E-state index contributed by atoms with van der Waals surface area (Å²) in [5.41, 5.74) is 0.556. The number of aliphatic hydroxyl groups is 5. The molecule has 7 nitrogen and oxygen atoms in total. The highest BCUT2D eigenvalue weighted by Crippen LogP contribution is 2.38. The first-order chi connectivity index (χ1) is 10.2. The minimum absolute atomic E-state index is 0.183. The van der Waals surface area contributed by atoms with E-state index in [0.29, 0.717) is 0 Å². The summed E-state index contributed by atoms with van der Waals surface area (Å²) >= 11 is 0. The fraction of sp³-hybridized carbons (Fsp3) is 1.00. The van der Waals surface area contributed by atoms with Crippen molar-refractivity contribution >= 4 is 0 Å². The van der Waals surface area contributed by atoms with Crippen molar-refractivity contribution in [3.8, 4) is 0 Å². The monoisotopic (exact) mass is 318 g/mol. The van der Waals surface area contributed by atoms with Gasteiger partial charge in [0.15, 0.2) is 6.10 Å². The lowest BCUT2D eigenvalue weighted by molar-refractivity contribution is -1.18. The number of quaternary nitrogens is 2. The highest BCUT2D eigenvalue weighted by molar-refractivity contribution is 4.94. The molecular weight excluding hydrogens is 288 g/mol. The quantitative estimate of drug-likeness (QED) is 0.275. The Labute approximate surface area is 130 Å². The summed E-state index contributed by atoms with van der Waals surface area (Å²) in [7, 11) is 0. The highest BCUT2D eigenvalue weighted by atomic mass is 16.4. The standard InChI is InChI=1S/C15H28N2O5/c1-14-4-15(2)7-16(5-14)13(17(6-14)8-15)12(22)11(21)10(20)9(19)3-18/h9-13,18-22H,3-8H2,1-2H3/p+2/t9-,10-,11+,12+,13?,14?,15?/m1/s1. The van der Waals surface area contributed by atoms with E-state index in [-0.39, 0.29) is 17.0 Å². The molecule has 22 heavy (non-hydrogen) atoms. The molecule has 4 bridgehead atoms. The van der Waals surface area contributed by atoms with Crippen LogP contribution in [-0.2, 0) is 0 Å². The molecule has 0 aromatic heterocycles. The summed E-state index contributed by atoms with van der Waals surface area (Å²) in [6, 6.07) is 0. The van der Waals surface area contributed by atoms with E-state index >= 15 is 0 Å². The highest BCUT2D eigenvalue weighted by Gasteiger charge is 2.64. The third-order valence-electron chi connectivity index (χ3n) is 5.97. The van der Waals surface area contributed by atoms with Gasteiger partial charge in [-0.2, -0.15) is 0 Å². The Hall–Kier alpha value is -0.280. The van der Waals surface area contributed by atoms with Gasteiger partial charge in [-0.25, -0.2) is 0 Å². The van der Waals surface area contributed by atoms with Crippen LogP contribution in [0.2, 0.25) is 0 Å². The number of hydrogen-bond acceptors (Lipinski definition) is 5. The van der Waals surface area contributed by atoms with E-state index in [4.69, 9.17) is 5.11 Å². The van der Waals surface area contributed by atoms with E-state index in [0.717, 1.165) is 26.2 Å². The molecule has 4 rings (SSSR count). The van der Waals surface area contributed by atoms with Crippen molar-refractivity contribution in [1.29, 1.82) is 0 Å². The summed E-state index contributed by atoms with van der Waals surface area (Å²) in [6.07, 6.45) is -4.52. The van der Waals surface area contributed by atoms with Crippen molar-refractivity contribution in [3.05, 3.63) is 0 Å². The summed E-state index contributed by atoms with van der Waals surface area (Å²) in [4.78, 5) is 2.56. The maximum atomic E-state index is 10.6. The van der Waals surface area contributed by atoms with E-state index in [1.165, 1.54) is 16.2 Å². The zero-order chi connectivity index (χ0) is 16.3. The molecule has 128 valence electrons. The van der Waals surface area contributed by atoms with E-state index in [2.05, 4.69) is 13.8 Å². The molecule has 7 N–H and O–H groups in total. The van der Waals surface area contributed by atoms with Crippen LogP contribution in [0.5, 0.6) is 0 Å². The van der Waals surface area contributed by atoms with E-state index in [1.807, 2.05) is 0 Å². The first-order valence-corrected chi connectivity index (χ1v) is 8.20. The normalized spacial score (nSPS) is 49.0. The Morgan fingerprint density at radius 3 is 1.77 bits per heavy atom. The van der Waals surface area contributed by atoms with Crippen LogP contribution >= 0.6 is 0 Å². The predicted molar refractivity (Wildman–Crippen MR) is 77.1 cm³/mol. The van der Waals surface area contributed by atoms with Crippen molar-refractivity contribution < 1.29 is 35.3 Å². The first-order valence-electron chi connectivity index (χ1n) is 8.20. The molecule has 4 atom stereocenters. The Kier molecular flexibility index (Phi) is 4.05. The van der Waals surface area contributed by atoms with E-state index in [1.54, 1.807) is 0 Å². The van der Waals surface area contributed by atoms with Gasteiger partial charge in [-0.05, 0) is 20.3 Å². The number of nitrogens with one attached hydrogen (secondary N) is 2. The third-order valence-corrected chi connectivity index (χ3v) is 5.97. The summed E-state index contributed by atoms with van der Waals surface area (Å²) in [5, 5.41) is 49.1. The molecule has 0 amide bonds. The zero-order valence-corrected chi connectivity index (χ0v) is 13.4. The lowest BCUT2D eigenvalue weighted by atomic mass is 9.63. The number of rotatable bonds is 5. The molecule has 4 fully saturated rings. The summed E-state index contributed by atoms with van der Waals surface area (Å²) in [6.45, 7) is 7.84. The van der Waals surface area contributed by atoms with Gasteiger partial charge in [0, 0.05) is 0 Å². The topological polar surface area (TPSA) is 110 Å². The van der Waals surface area contributed by atoms with Gasteiger partial charge in [-0.15, -0.1) is 0 Å². The lowest BCUT2D eigenvalue weighted by Crippen LogP contribution is -3.45. The van der Waals surface area contributed by atoms with Gasteiger partial charge in [0.25, 0.3) is 0 Å². The van der Waals surface area contributed by atoms with Gasteiger partial charge in [0.2, 0.25) is 6.17 Å². The Morgan fingerprint density at radius 1 is 0.909 bits per heavy atom. The van der Waals surface area contributed by atoms with Crippen LogP contribution in [0.25, 0.3) is 0 Å². The zero-order valence-electron chi connectivity index (χ0n) is 13.4. The number of piperidine rings is 2. The molecule has 0 spiro atoms. The van der Waals surface area contributed by atoms with Gasteiger partial charge >= 0.3 is 0 Å². The fourth-order valence-corrected chi connectivity index (χ4v) is 5.67. The summed E-state index contributed by atoms with van der Waals surface area (Å²) < 4.78 is 0. The first kappa shape index (κ1) is 16.6. The predicted octanol–water partition coefficient (Wildman–Crippen LogP) is -5.04. The van der Waals surface area contributed by atoms with Crippen LogP contribution in [0.15, 0.2) is 0 Å². The van der Waals surface area contributed by atoms with Crippen LogP contribution in [0.1, 0.15) is 20.3 Å². The maximum Gasteiger partial charge on any atom is 0.242 e. The molecule has 4 heterocycles. The van der Waals surface area contributed by atoms with Crippen LogP contribution in [0.3, 0.4) is 0 Å². The van der Waals surface area contributed by atoms with Gasteiger partial charge in [0.05, 0.1) is 43.6 Å². The molecular formula is C15H30N2O5+2. The van der Waals surface area contributed by atoms with Gasteiger partial charge in [-0.3, -0.25) is 9.80 Å². The van der Waals surface area contributed by atoms with Crippen LogP contribution in [0, 0.1) is 10.8 Å². The second kappa shape index (κ2) is 5.37. The maximum absolute atomic E-state index is 10.6. The van der Waals surface area contributed by atoms with E-state index in [9.17, 15) is 20.4 Å². The second-order valence-corrected chi connectivity index (χ2v) is 8.52. The lowest BCUT2D eigenvalue weighted by Gasteiger charge is -2.61. The van der Waals surface area contributed by atoms with Crippen molar-refractivity contribution in [1.82, 2.24) is 0 Å². The SMILES string of the molecule is CC12C[NH+]3CC(C)(C[NH+](C1)C3[C@@H](O)[C@@H](O)[C@H](O)[C@H](O)CO)C2. The molecule has 0 aromatic rings. The third kappa shape index (κ3) is 2.58. The Balaban J connectivity index is 1.76. The van der Waals surface area contributed by atoms with Crippen LogP contribution < -0.4 is 9.80 Å². The minimum Gasteiger partial charge on any atom is -0.394 e. The Bertz CT molecular complexity index is 398. The molecule has 0 unspecified atom stereocenters. The average molecular weight is 318 g/mol. The number of aliphatic hydroxyl groups excluding tert-OH is 5. The molecule has 0 radical (unpaired) electrons. The molecule has 0 aromatic carbocycles. The Morgan fingerprint density at radius 2 is 1.36 bits per heavy atom. The molecule has 4 aliphatic heterocycles. The van der Waals surface area contributed by atoms with E-state index < -0.39 is 31.0 Å².